The molecule has 0 unspecified atom stereocenters. The number of piperidine rings is 1. The van der Waals surface area contributed by atoms with E-state index in [1.807, 2.05) is 30.4 Å². The van der Waals surface area contributed by atoms with Crippen molar-refractivity contribution in [3.05, 3.63) is 22.3 Å². The molecule has 2 aliphatic heterocycles. The Morgan fingerprint density at radius 2 is 1.71 bits per heavy atom. The summed E-state index contributed by atoms with van der Waals surface area (Å²) in [7, 11) is -1.72. The lowest BCUT2D eigenvalue weighted by atomic mass is 10.1. The van der Waals surface area contributed by atoms with Crippen LogP contribution in [-0.4, -0.2) is 83.8 Å². The third kappa shape index (κ3) is 5.21. The van der Waals surface area contributed by atoms with Gasteiger partial charge in [-0.3, -0.25) is 4.79 Å². The Balaban J connectivity index is 0.00000324. The Morgan fingerprint density at radius 1 is 1.06 bits per heavy atom. The van der Waals surface area contributed by atoms with Crippen LogP contribution in [0.25, 0.3) is 10.7 Å². The third-order valence-electron chi connectivity index (χ3n) is 6.83. The van der Waals surface area contributed by atoms with Gasteiger partial charge in [-0.15, -0.1) is 23.7 Å². The Bertz CT molecular complexity index is 1110. The molecule has 4 rings (SSSR count). The quantitative estimate of drug-likeness (QED) is 0.572. The average molecular weight is 530 g/mol. The molecule has 1 amide bonds. The zero-order chi connectivity index (χ0) is 23.8. The van der Waals surface area contributed by atoms with E-state index in [0.717, 1.165) is 57.7 Å². The maximum absolute atomic E-state index is 13.5. The largest absolute Gasteiger partial charge is 0.345 e. The summed E-state index contributed by atoms with van der Waals surface area (Å²) in [5, 5.41) is 0.688. The van der Waals surface area contributed by atoms with E-state index < -0.39 is 10.0 Å². The van der Waals surface area contributed by atoms with Gasteiger partial charge in [0, 0.05) is 52.0 Å². The van der Waals surface area contributed by atoms with Crippen molar-refractivity contribution >= 4 is 39.7 Å². The molecule has 0 saturated carbocycles. The molecule has 2 aromatic heterocycles. The van der Waals surface area contributed by atoms with Crippen LogP contribution in [0.4, 0.5) is 0 Å². The highest BCUT2D eigenvalue weighted by Gasteiger charge is 2.32. The van der Waals surface area contributed by atoms with E-state index in [-0.39, 0.29) is 18.3 Å². The molecule has 0 atom stereocenters. The van der Waals surface area contributed by atoms with Crippen molar-refractivity contribution in [1.82, 2.24) is 23.7 Å². The van der Waals surface area contributed by atoms with Crippen LogP contribution >= 0.6 is 23.7 Å². The summed E-state index contributed by atoms with van der Waals surface area (Å²) in [4.78, 5) is 22.9. The number of halogens is 1. The van der Waals surface area contributed by atoms with E-state index in [0.29, 0.717) is 39.3 Å². The average Bonchev–Trinajstić information content (AvgIpc) is 3.34. The van der Waals surface area contributed by atoms with E-state index in [9.17, 15) is 13.2 Å². The summed E-state index contributed by atoms with van der Waals surface area (Å²) in [5.41, 5.74) is 2.14. The molecular weight excluding hydrogens is 494 g/mol. The number of rotatable bonds is 6. The minimum atomic E-state index is -3.59. The zero-order valence-corrected chi connectivity index (χ0v) is 23.0. The summed E-state index contributed by atoms with van der Waals surface area (Å²) in [5.74, 6) is 0.0414. The molecule has 2 aliphatic rings. The fourth-order valence-electron chi connectivity index (χ4n) is 4.73. The highest BCUT2D eigenvalue weighted by molar-refractivity contribution is 7.89. The topological polar surface area (TPSA) is 78.8 Å². The van der Waals surface area contributed by atoms with Gasteiger partial charge in [-0.2, -0.15) is 4.31 Å². The summed E-state index contributed by atoms with van der Waals surface area (Å²) < 4.78 is 30.4. The maximum Gasteiger partial charge on any atom is 0.265 e. The van der Waals surface area contributed by atoms with Gasteiger partial charge in [0.25, 0.3) is 5.91 Å². The van der Waals surface area contributed by atoms with Crippen molar-refractivity contribution in [2.24, 2.45) is 7.05 Å². The van der Waals surface area contributed by atoms with Crippen LogP contribution in [0.3, 0.4) is 0 Å². The molecule has 8 nitrogen and oxygen atoms in total. The molecule has 0 aliphatic carbocycles. The number of carbonyl (C=O) groups is 1. The molecule has 0 spiro atoms. The molecule has 0 N–H and O–H groups in total. The van der Waals surface area contributed by atoms with Crippen molar-refractivity contribution in [3.8, 4) is 10.7 Å². The normalized spacial score (nSPS) is 18.2. The molecule has 0 bridgehead atoms. The Labute approximate surface area is 213 Å². The molecule has 2 fully saturated rings. The number of hydrogen-bond donors (Lipinski definition) is 0. The van der Waals surface area contributed by atoms with Crippen molar-refractivity contribution in [2.45, 2.75) is 51.3 Å². The van der Waals surface area contributed by atoms with Gasteiger partial charge in [-0.25, -0.2) is 13.4 Å². The summed E-state index contributed by atoms with van der Waals surface area (Å²) in [6.45, 7) is 11.0. The molecule has 2 aromatic rings. The number of piperazine rings is 1. The second-order valence-corrected chi connectivity index (χ2v) is 12.0. The Kier molecular flexibility index (Phi) is 8.84. The Morgan fingerprint density at radius 3 is 2.32 bits per heavy atom. The van der Waals surface area contributed by atoms with E-state index >= 15 is 0 Å². The predicted octanol–water partition coefficient (Wildman–Crippen LogP) is 3.53. The van der Waals surface area contributed by atoms with Crippen molar-refractivity contribution in [1.29, 1.82) is 0 Å². The molecule has 0 radical (unpaired) electrons. The fraction of sp³-hybridized carbons (Fsp3) is 0.652. The Hall–Kier alpha value is -1.46. The molecular formula is C23H36ClN5O3S2. The first-order valence-corrected chi connectivity index (χ1v) is 14.2. The van der Waals surface area contributed by atoms with E-state index in [4.69, 9.17) is 0 Å². The minimum absolute atomic E-state index is 0. The molecule has 11 heteroatoms. The van der Waals surface area contributed by atoms with Crippen LogP contribution in [0, 0.1) is 13.8 Å². The number of likely N-dealkylation sites (tertiary alicyclic amines) is 1. The fourth-order valence-corrected chi connectivity index (χ4v) is 7.51. The van der Waals surface area contributed by atoms with Gasteiger partial charge in [-0.1, -0.05) is 6.92 Å². The van der Waals surface area contributed by atoms with E-state index in [1.54, 1.807) is 10.4 Å². The summed E-state index contributed by atoms with van der Waals surface area (Å²) in [6.07, 6.45) is 4.33. The predicted molar refractivity (Wildman–Crippen MR) is 138 cm³/mol. The maximum atomic E-state index is 13.5. The molecule has 4 heterocycles. The van der Waals surface area contributed by atoms with Crippen LogP contribution in [0.2, 0.25) is 0 Å². The number of aryl methyl sites for hydroxylation is 1. The van der Waals surface area contributed by atoms with Gasteiger partial charge in [-0.05, 0) is 52.1 Å². The molecule has 0 aromatic carbocycles. The second kappa shape index (κ2) is 11.1. The number of thiazole rings is 1. The number of nitrogens with zero attached hydrogens (tertiary/aromatic N) is 5. The van der Waals surface area contributed by atoms with Crippen molar-refractivity contribution in [2.75, 3.05) is 45.8 Å². The lowest BCUT2D eigenvalue weighted by molar-refractivity contribution is 0.0728. The van der Waals surface area contributed by atoms with E-state index in [2.05, 4.69) is 16.8 Å². The van der Waals surface area contributed by atoms with Gasteiger partial charge < -0.3 is 14.4 Å². The molecule has 2 saturated heterocycles. The highest BCUT2D eigenvalue weighted by atomic mass is 35.5. The van der Waals surface area contributed by atoms with E-state index in [1.165, 1.54) is 17.8 Å². The van der Waals surface area contributed by atoms with Gasteiger partial charge >= 0.3 is 0 Å². The van der Waals surface area contributed by atoms with Gasteiger partial charge in [0.2, 0.25) is 10.0 Å². The number of aromatic nitrogens is 2. The lowest BCUT2D eigenvalue weighted by Crippen LogP contribution is -2.48. The first-order chi connectivity index (χ1) is 15.7. The molecule has 34 heavy (non-hydrogen) atoms. The highest BCUT2D eigenvalue weighted by Crippen LogP contribution is 2.34. The van der Waals surface area contributed by atoms with Gasteiger partial charge in [0.15, 0.2) is 0 Å². The van der Waals surface area contributed by atoms with Crippen LogP contribution in [0.15, 0.2) is 11.0 Å². The van der Waals surface area contributed by atoms with Crippen molar-refractivity contribution < 1.29 is 13.2 Å². The van der Waals surface area contributed by atoms with Crippen LogP contribution in [0.5, 0.6) is 0 Å². The lowest BCUT2D eigenvalue weighted by Gasteiger charge is -2.33. The van der Waals surface area contributed by atoms with Crippen molar-refractivity contribution in [3.63, 3.8) is 0 Å². The number of carbonyl (C=O) groups excluding carboxylic acids is 1. The first-order valence-electron chi connectivity index (χ1n) is 11.9. The number of amides is 1. The minimum Gasteiger partial charge on any atom is -0.345 e. The summed E-state index contributed by atoms with van der Waals surface area (Å²) in [6, 6.07) is 1.73. The molecule has 190 valence electrons. The van der Waals surface area contributed by atoms with Crippen LogP contribution in [0.1, 0.15) is 53.7 Å². The van der Waals surface area contributed by atoms with Crippen LogP contribution in [-0.2, 0) is 17.1 Å². The second-order valence-electron chi connectivity index (χ2n) is 9.07. The van der Waals surface area contributed by atoms with Crippen LogP contribution < -0.4 is 0 Å². The zero-order valence-electron chi connectivity index (χ0n) is 20.5. The SMILES string of the molecule is CCCN1CCN(S(=O)(=O)c2cc(-c3nc(C)c(C(=O)N4CCCCC4)s3)n(C)c2C)CC1.Cl. The number of hydrogen-bond acceptors (Lipinski definition) is 6. The monoisotopic (exact) mass is 529 g/mol. The summed E-state index contributed by atoms with van der Waals surface area (Å²) >= 11 is 1.36. The smallest absolute Gasteiger partial charge is 0.265 e. The standard InChI is InChI=1S/C23H35N5O3S2.ClH/c1-5-9-26-12-14-28(15-13-26)33(30,31)20-16-19(25(4)18(20)3)22-24-17(2)21(32-22)23(29)27-10-7-6-8-11-27;/h16H,5-15H2,1-4H3;1H. The van der Waals surface area contributed by atoms with Gasteiger partial charge in [0.05, 0.1) is 11.4 Å². The first kappa shape index (κ1) is 27.1. The third-order valence-corrected chi connectivity index (χ3v) is 10.0. The van der Waals surface area contributed by atoms with Gasteiger partial charge in [0.1, 0.15) is 14.8 Å². The number of sulfonamides is 1.